The highest BCUT2D eigenvalue weighted by Crippen LogP contribution is 2.38. The fourth-order valence-corrected chi connectivity index (χ4v) is 3.09. The molecule has 0 saturated heterocycles. The zero-order valence-corrected chi connectivity index (χ0v) is 10.3. The van der Waals surface area contributed by atoms with E-state index in [1.165, 1.54) is 0 Å². The molecule has 0 unspecified atom stereocenters. The molecule has 2 atom stereocenters. The minimum absolute atomic E-state index is 0.0111. The number of hydrogen-bond acceptors (Lipinski definition) is 2. The highest BCUT2D eigenvalue weighted by atomic mass is 16.2. The molecule has 0 aliphatic heterocycles. The monoisotopic (exact) mass is 240 g/mol. The fraction of sp³-hybridized carbons (Fsp3) is 0.375. The molecule has 2 aliphatic rings. The van der Waals surface area contributed by atoms with Crippen molar-refractivity contribution in [3.63, 3.8) is 0 Å². The van der Waals surface area contributed by atoms with E-state index >= 15 is 0 Å². The lowest BCUT2D eigenvalue weighted by Crippen LogP contribution is -2.32. The molecule has 0 spiro atoms. The second-order valence-electron chi connectivity index (χ2n) is 5.16. The number of fused-ring (bicyclic) bond motifs is 2. The van der Waals surface area contributed by atoms with Gasteiger partial charge in [-0.2, -0.15) is 0 Å². The van der Waals surface area contributed by atoms with Gasteiger partial charge >= 0.3 is 0 Å². The molecule has 0 N–H and O–H groups in total. The number of allylic oxidation sites excluding steroid dienone is 2. The van der Waals surface area contributed by atoms with Crippen LogP contribution in [0.25, 0.3) is 5.57 Å². The number of Topliss-reactive ketones (excluding diaryl/α,β-unsaturated/α-hetero) is 1. The van der Waals surface area contributed by atoms with Gasteiger partial charge in [-0.15, -0.1) is 0 Å². The minimum atomic E-state index is -0.357. The third-order valence-electron chi connectivity index (χ3n) is 4.05. The highest BCUT2D eigenvalue weighted by Gasteiger charge is 2.39. The van der Waals surface area contributed by atoms with Crippen molar-refractivity contribution in [2.24, 2.45) is 11.8 Å². The fourth-order valence-electron chi connectivity index (χ4n) is 3.09. The number of carbonyl (C=O) groups is 2. The summed E-state index contributed by atoms with van der Waals surface area (Å²) in [5, 5.41) is 0. The van der Waals surface area contributed by atoms with Crippen LogP contribution >= 0.6 is 0 Å². The molecule has 0 radical (unpaired) electrons. The Morgan fingerprint density at radius 2 is 1.56 bits per heavy atom. The molecular formula is C16H16O2. The Balaban J connectivity index is 2.06. The maximum Gasteiger partial charge on any atom is 0.166 e. The van der Waals surface area contributed by atoms with Crippen molar-refractivity contribution in [1.29, 1.82) is 0 Å². The summed E-state index contributed by atoms with van der Waals surface area (Å²) in [6.45, 7) is 0. The standard InChI is InChI=1S/C16H16O2/c17-15-10-14(11-6-2-1-3-7-11)12-8-4-5-9-13(15)16(12)18/h1-3,6-7,10,12-13H,4-5,8-9H2/t12-,13+/m0/s1. The molecule has 1 fully saturated rings. The first-order valence-electron chi connectivity index (χ1n) is 6.62. The van der Waals surface area contributed by atoms with Crippen molar-refractivity contribution in [3.05, 3.63) is 42.0 Å². The smallest absolute Gasteiger partial charge is 0.166 e. The Morgan fingerprint density at radius 1 is 0.889 bits per heavy atom. The Bertz CT molecular complexity index is 513. The summed E-state index contributed by atoms with van der Waals surface area (Å²) >= 11 is 0. The SMILES string of the molecule is O=C1C=C(c2ccccc2)[C@@H]2CCCC[C@H]1C2=O. The summed E-state index contributed by atoms with van der Waals surface area (Å²) in [5.74, 6) is -0.251. The first-order chi connectivity index (χ1) is 8.77. The van der Waals surface area contributed by atoms with Crippen LogP contribution in [0, 0.1) is 11.8 Å². The molecule has 1 saturated carbocycles. The summed E-state index contributed by atoms with van der Waals surface area (Å²) in [7, 11) is 0. The van der Waals surface area contributed by atoms with Crippen molar-refractivity contribution in [2.75, 3.05) is 0 Å². The van der Waals surface area contributed by atoms with Crippen LogP contribution in [-0.4, -0.2) is 11.6 Å². The van der Waals surface area contributed by atoms with E-state index in [0.29, 0.717) is 0 Å². The van der Waals surface area contributed by atoms with Crippen molar-refractivity contribution in [2.45, 2.75) is 25.7 Å². The van der Waals surface area contributed by atoms with E-state index < -0.39 is 0 Å². The van der Waals surface area contributed by atoms with Gasteiger partial charge in [-0.25, -0.2) is 0 Å². The number of rotatable bonds is 1. The second-order valence-corrected chi connectivity index (χ2v) is 5.16. The zero-order valence-electron chi connectivity index (χ0n) is 10.3. The summed E-state index contributed by atoms with van der Waals surface area (Å²) in [5.41, 5.74) is 1.95. The molecule has 0 aromatic heterocycles. The second kappa shape index (κ2) is 4.52. The third kappa shape index (κ3) is 1.82. The number of hydrogen-bond donors (Lipinski definition) is 0. The predicted octanol–water partition coefficient (Wildman–Crippen LogP) is 3.03. The van der Waals surface area contributed by atoms with Gasteiger partial charge in [0.15, 0.2) is 11.6 Å². The van der Waals surface area contributed by atoms with Gasteiger partial charge in [-0.05, 0) is 30.1 Å². The molecular weight excluding hydrogens is 224 g/mol. The van der Waals surface area contributed by atoms with Gasteiger partial charge in [0.2, 0.25) is 0 Å². The minimum Gasteiger partial charge on any atom is -0.298 e. The molecule has 92 valence electrons. The lowest BCUT2D eigenvalue weighted by atomic mass is 9.76. The topological polar surface area (TPSA) is 34.1 Å². The molecule has 3 rings (SSSR count). The number of ketones is 2. The van der Waals surface area contributed by atoms with Crippen molar-refractivity contribution in [1.82, 2.24) is 0 Å². The van der Waals surface area contributed by atoms with Gasteiger partial charge in [0.1, 0.15) is 0 Å². The van der Waals surface area contributed by atoms with Crippen LogP contribution in [-0.2, 0) is 9.59 Å². The maximum atomic E-state index is 12.4. The molecule has 2 bridgehead atoms. The van der Waals surface area contributed by atoms with Crippen LogP contribution < -0.4 is 0 Å². The Kier molecular flexibility index (Phi) is 2.86. The van der Waals surface area contributed by atoms with E-state index in [9.17, 15) is 9.59 Å². The molecule has 18 heavy (non-hydrogen) atoms. The molecule has 0 heterocycles. The van der Waals surface area contributed by atoms with E-state index in [0.717, 1.165) is 36.8 Å². The lowest BCUT2D eigenvalue weighted by molar-refractivity contribution is -0.132. The lowest BCUT2D eigenvalue weighted by Gasteiger charge is -2.25. The van der Waals surface area contributed by atoms with Crippen LogP contribution in [0.2, 0.25) is 0 Å². The molecule has 2 heteroatoms. The molecule has 0 amide bonds. The van der Waals surface area contributed by atoms with E-state index in [-0.39, 0.29) is 23.4 Å². The summed E-state index contributed by atoms with van der Waals surface area (Å²) in [6, 6.07) is 9.82. The van der Waals surface area contributed by atoms with Crippen LogP contribution in [0.15, 0.2) is 36.4 Å². The van der Waals surface area contributed by atoms with Crippen LogP contribution in [0.4, 0.5) is 0 Å². The Morgan fingerprint density at radius 3 is 2.28 bits per heavy atom. The average molecular weight is 240 g/mol. The quantitative estimate of drug-likeness (QED) is 0.707. The molecule has 2 nitrogen and oxygen atoms in total. The van der Waals surface area contributed by atoms with Crippen molar-refractivity contribution < 1.29 is 9.59 Å². The summed E-state index contributed by atoms with van der Waals surface area (Å²) < 4.78 is 0. The molecule has 2 aliphatic carbocycles. The maximum absolute atomic E-state index is 12.4. The summed E-state index contributed by atoms with van der Waals surface area (Å²) in [6.07, 6.45) is 5.40. The van der Waals surface area contributed by atoms with Crippen LogP contribution in [0.3, 0.4) is 0 Å². The van der Waals surface area contributed by atoms with Crippen molar-refractivity contribution >= 4 is 17.1 Å². The number of benzene rings is 1. The Hall–Kier alpha value is -1.70. The normalized spacial score (nSPS) is 27.7. The van der Waals surface area contributed by atoms with Gasteiger partial charge in [0.05, 0.1) is 5.92 Å². The first-order valence-corrected chi connectivity index (χ1v) is 6.62. The average Bonchev–Trinajstić information content (AvgIpc) is 2.53. The predicted molar refractivity (Wildman–Crippen MR) is 69.9 cm³/mol. The molecule has 1 aromatic rings. The van der Waals surface area contributed by atoms with Gasteiger partial charge in [-0.3, -0.25) is 9.59 Å². The number of carbonyl (C=O) groups excluding carboxylic acids is 2. The van der Waals surface area contributed by atoms with E-state index in [1.54, 1.807) is 6.08 Å². The van der Waals surface area contributed by atoms with Crippen LogP contribution in [0.1, 0.15) is 31.2 Å². The Labute approximate surface area is 107 Å². The van der Waals surface area contributed by atoms with Gasteiger partial charge in [0.25, 0.3) is 0 Å². The van der Waals surface area contributed by atoms with E-state index in [1.807, 2.05) is 30.3 Å². The van der Waals surface area contributed by atoms with E-state index in [2.05, 4.69) is 0 Å². The van der Waals surface area contributed by atoms with Gasteiger partial charge in [0, 0.05) is 5.92 Å². The largest absolute Gasteiger partial charge is 0.298 e. The van der Waals surface area contributed by atoms with Crippen molar-refractivity contribution in [3.8, 4) is 0 Å². The first kappa shape index (κ1) is 11.4. The molecule has 1 aromatic carbocycles. The van der Waals surface area contributed by atoms with Gasteiger partial charge in [-0.1, -0.05) is 43.2 Å². The van der Waals surface area contributed by atoms with Gasteiger partial charge < -0.3 is 0 Å². The third-order valence-corrected chi connectivity index (χ3v) is 4.05. The van der Waals surface area contributed by atoms with Crippen LogP contribution in [0.5, 0.6) is 0 Å². The summed E-state index contributed by atoms with van der Waals surface area (Å²) in [4.78, 5) is 24.4. The highest BCUT2D eigenvalue weighted by molar-refractivity contribution is 6.18. The zero-order chi connectivity index (χ0) is 12.5. The van der Waals surface area contributed by atoms with E-state index in [4.69, 9.17) is 0 Å².